The molecule has 1 amide bonds. The Hall–Kier alpha value is -3.28. The van der Waals surface area contributed by atoms with Gasteiger partial charge in [0.1, 0.15) is 5.76 Å². The summed E-state index contributed by atoms with van der Waals surface area (Å²) in [6.07, 6.45) is 5.42. The van der Waals surface area contributed by atoms with Crippen molar-refractivity contribution in [3.8, 4) is 11.3 Å². The number of carboxylic acid groups (broad SMARTS) is 1. The minimum absolute atomic E-state index is 0.0922. The molecular formula is C31H39N3O7S. The van der Waals surface area contributed by atoms with Crippen molar-refractivity contribution < 1.29 is 32.3 Å². The summed E-state index contributed by atoms with van der Waals surface area (Å²) in [5, 5.41) is 13.2. The molecule has 1 saturated heterocycles. The van der Waals surface area contributed by atoms with E-state index in [0.29, 0.717) is 73.4 Å². The lowest BCUT2D eigenvalue weighted by molar-refractivity contribution is -0.155. The van der Waals surface area contributed by atoms with Crippen LogP contribution in [-0.4, -0.2) is 61.5 Å². The van der Waals surface area contributed by atoms with Crippen molar-refractivity contribution in [2.45, 2.75) is 70.8 Å². The molecule has 0 bridgehead atoms. The average molecular weight is 598 g/mol. The molecule has 10 nitrogen and oxygen atoms in total. The van der Waals surface area contributed by atoms with Gasteiger partial charge in [-0.3, -0.25) is 9.59 Å². The number of aliphatic carboxylic acids is 1. The number of carboxylic acids is 1. The zero-order valence-electron chi connectivity index (χ0n) is 24.2. The van der Waals surface area contributed by atoms with E-state index in [1.165, 1.54) is 9.87 Å². The van der Waals surface area contributed by atoms with Gasteiger partial charge in [0.25, 0.3) is 5.91 Å². The second kappa shape index (κ2) is 12.9. The number of hydrogen-bond acceptors (Lipinski definition) is 7. The third kappa shape index (κ3) is 6.38. The molecule has 42 heavy (non-hydrogen) atoms. The molecule has 1 aliphatic heterocycles. The number of hydrogen-bond donors (Lipinski definition) is 3. The number of fused-ring (bicyclic) bond motifs is 1. The first-order valence-electron chi connectivity index (χ1n) is 14.7. The van der Waals surface area contributed by atoms with Crippen LogP contribution in [0.3, 0.4) is 0 Å². The average Bonchev–Trinajstić information content (AvgIpc) is 3.78. The van der Waals surface area contributed by atoms with Crippen LogP contribution in [0.15, 0.2) is 34.7 Å². The molecular weight excluding hydrogens is 558 g/mol. The summed E-state index contributed by atoms with van der Waals surface area (Å²) >= 11 is 0. The van der Waals surface area contributed by atoms with Crippen LogP contribution in [0.5, 0.6) is 0 Å². The van der Waals surface area contributed by atoms with Gasteiger partial charge >= 0.3 is 5.97 Å². The molecule has 3 aromatic rings. The number of nitrogens with zero attached hydrogens (tertiary/aromatic N) is 2. The van der Waals surface area contributed by atoms with Crippen LogP contribution in [0.2, 0.25) is 0 Å². The summed E-state index contributed by atoms with van der Waals surface area (Å²) in [7, 11) is -1.31. The van der Waals surface area contributed by atoms with Crippen LogP contribution in [0.1, 0.15) is 85.0 Å². The number of carbonyl (C=O) groups is 2. The lowest BCUT2D eigenvalue weighted by atomic mass is 9.76. The van der Waals surface area contributed by atoms with E-state index in [2.05, 4.69) is 12.2 Å². The van der Waals surface area contributed by atoms with Crippen molar-refractivity contribution in [2.24, 2.45) is 5.41 Å². The Bertz CT molecular complexity index is 1510. The first kappa shape index (κ1) is 30.2. The van der Waals surface area contributed by atoms with Crippen LogP contribution < -0.4 is 5.32 Å². The molecule has 1 aliphatic carbocycles. The largest absolute Gasteiger partial charge is 0.481 e. The summed E-state index contributed by atoms with van der Waals surface area (Å²) in [6.45, 7) is 3.31. The predicted octanol–water partition coefficient (Wildman–Crippen LogP) is 4.67. The number of thiol groups is 1. The van der Waals surface area contributed by atoms with E-state index in [-0.39, 0.29) is 24.9 Å². The van der Waals surface area contributed by atoms with Crippen molar-refractivity contribution in [3.05, 3.63) is 52.7 Å². The fourth-order valence-electron chi connectivity index (χ4n) is 5.88. The van der Waals surface area contributed by atoms with Crippen LogP contribution in [0.4, 0.5) is 0 Å². The van der Waals surface area contributed by atoms with Gasteiger partial charge < -0.3 is 19.6 Å². The van der Waals surface area contributed by atoms with Crippen LogP contribution in [0, 0.1) is 5.41 Å². The van der Waals surface area contributed by atoms with E-state index in [0.717, 1.165) is 30.4 Å². The van der Waals surface area contributed by atoms with Gasteiger partial charge in [-0.05, 0) is 68.1 Å². The minimum Gasteiger partial charge on any atom is -0.481 e. The number of amides is 1. The predicted molar refractivity (Wildman–Crippen MR) is 159 cm³/mol. The maximum atomic E-state index is 13.0. The molecule has 11 heteroatoms. The number of benzene rings is 1. The zero-order chi connectivity index (χ0) is 29.9. The first-order chi connectivity index (χ1) is 20.3. The minimum atomic E-state index is -2.89. The Morgan fingerprint density at radius 3 is 2.45 bits per heavy atom. The van der Waals surface area contributed by atoms with E-state index in [1.807, 2.05) is 30.3 Å². The summed E-state index contributed by atoms with van der Waals surface area (Å²) in [4.78, 5) is 29.8. The lowest BCUT2D eigenvalue weighted by Crippen LogP contribution is -2.37. The smallest absolute Gasteiger partial charge is 0.309 e. The number of carbonyl (C=O) groups excluding carboxylic acids is 1. The number of ether oxygens (including phenoxy) is 1. The molecule has 5 rings (SSSR count). The molecule has 0 radical (unpaired) electrons. The summed E-state index contributed by atoms with van der Waals surface area (Å²) in [6, 6.07) is 9.83. The monoisotopic (exact) mass is 597 g/mol. The summed E-state index contributed by atoms with van der Waals surface area (Å²) in [5.41, 5.74) is 3.43. The molecule has 2 aliphatic rings. The molecule has 2 aromatic heterocycles. The highest BCUT2D eigenvalue weighted by molar-refractivity contribution is 7.69. The van der Waals surface area contributed by atoms with Crippen LogP contribution >= 0.6 is 0 Å². The van der Waals surface area contributed by atoms with Gasteiger partial charge in [-0.15, -0.1) is 0 Å². The second-order valence-electron chi connectivity index (χ2n) is 11.4. The highest BCUT2D eigenvalue weighted by atomic mass is 32.2. The Labute approximate surface area is 247 Å². The number of aromatic nitrogens is 1. The number of aryl methyl sites for hydroxylation is 1. The van der Waals surface area contributed by atoms with Crippen LogP contribution in [0.25, 0.3) is 22.4 Å². The van der Waals surface area contributed by atoms with Crippen LogP contribution in [-0.2, 0) is 33.4 Å². The highest BCUT2D eigenvalue weighted by Crippen LogP contribution is 2.44. The third-order valence-electron chi connectivity index (χ3n) is 8.68. The van der Waals surface area contributed by atoms with Crippen molar-refractivity contribution >= 4 is 33.9 Å². The van der Waals surface area contributed by atoms with E-state index in [9.17, 15) is 23.1 Å². The first-order valence-corrected chi connectivity index (χ1v) is 15.9. The highest BCUT2D eigenvalue weighted by Gasteiger charge is 2.39. The summed E-state index contributed by atoms with van der Waals surface area (Å²) < 4.78 is 37.6. The number of unbranched alkanes of at least 4 members (excludes halogenated alkanes) is 1. The number of rotatable bonds is 13. The molecule has 2 N–H and O–H groups in total. The van der Waals surface area contributed by atoms with Gasteiger partial charge in [0, 0.05) is 32.4 Å². The van der Waals surface area contributed by atoms with Gasteiger partial charge in [-0.2, -0.15) is 4.31 Å². The molecule has 1 aromatic carbocycles. The third-order valence-corrected chi connectivity index (χ3v) is 9.48. The molecule has 3 heterocycles. The van der Waals surface area contributed by atoms with E-state index >= 15 is 0 Å². The fraction of sp³-hybridized carbons (Fsp3) is 0.516. The maximum absolute atomic E-state index is 13.0. The number of nitrogens with one attached hydrogen (secondary N) is 1. The zero-order valence-corrected chi connectivity index (χ0v) is 25.1. The number of furan rings is 1. The molecule has 2 fully saturated rings. The van der Waals surface area contributed by atoms with Crippen molar-refractivity contribution in [1.82, 2.24) is 14.6 Å². The Kier molecular flexibility index (Phi) is 9.29. The Morgan fingerprint density at radius 2 is 1.86 bits per heavy atom. The second-order valence-corrected chi connectivity index (χ2v) is 12.4. The van der Waals surface area contributed by atoms with Gasteiger partial charge in [-0.25, -0.2) is 13.4 Å². The van der Waals surface area contributed by atoms with Gasteiger partial charge in [-0.1, -0.05) is 37.6 Å². The summed E-state index contributed by atoms with van der Waals surface area (Å²) in [5.74, 6) is -0.385. The molecule has 0 spiro atoms. The Morgan fingerprint density at radius 1 is 1.14 bits per heavy atom. The lowest BCUT2D eigenvalue weighted by Gasteiger charge is -2.33. The molecule has 0 unspecified atom stereocenters. The van der Waals surface area contributed by atoms with Gasteiger partial charge in [0.15, 0.2) is 0 Å². The standard InChI is InChI=1S/C31H39N3O7S/c1-3-20-6-8-22(9-7-20)27-26(28(35)32-2)24-18-23(21-10-11-21)25(33-29(24)41-27)19-34(42(38)39)15-5-4-12-31(30(36)37)13-16-40-17-14-31/h6-9,18,21,42H,3-5,10-17,19H2,1-2H3,(H,32,35)(H,36,37). The van der Waals surface area contributed by atoms with Gasteiger partial charge in [0.05, 0.1) is 28.6 Å². The van der Waals surface area contributed by atoms with Crippen molar-refractivity contribution in [1.29, 1.82) is 0 Å². The topological polar surface area (TPSA) is 139 Å². The van der Waals surface area contributed by atoms with Gasteiger partial charge in [0.2, 0.25) is 16.6 Å². The van der Waals surface area contributed by atoms with Crippen molar-refractivity contribution in [3.63, 3.8) is 0 Å². The van der Waals surface area contributed by atoms with E-state index < -0.39 is 22.3 Å². The molecule has 226 valence electrons. The van der Waals surface area contributed by atoms with E-state index in [4.69, 9.17) is 14.1 Å². The fourth-order valence-corrected chi connectivity index (χ4v) is 6.43. The Balaban J connectivity index is 1.40. The quantitative estimate of drug-likeness (QED) is 0.191. The SMILES string of the molecule is CCc1ccc(-c2oc3nc(CN(CCCCC4(C(=O)O)CCOCC4)[SH](=O)=O)c(C4CC4)cc3c2C(=O)NC)cc1. The molecule has 0 atom stereocenters. The van der Waals surface area contributed by atoms with E-state index in [1.54, 1.807) is 7.05 Å². The van der Waals surface area contributed by atoms with Crippen molar-refractivity contribution in [2.75, 3.05) is 26.8 Å². The maximum Gasteiger partial charge on any atom is 0.309 e. The molecule has 1 saturated carbocycles. The normalized spacial score (nSPS) is 16.8. The number of pyridine rings is 1.